The van der Waals surface area contributed by atoms with Gasteiger partial charge in [0, 0.05) is 51.0 Å². The first-order valence-corrected chi connectivity index (χ1v) is 8.08. The Bertz CT molecular complexity index is 792. The molecule has 0 spiro atoms. The maximum absolute atomic E-state index is 13.2. The first-order chi connectivity index (χ1) is 12.3. The van der Waals surface area contributed by atoms with Crippen molar-refractivity contribution in [2.24, 2.45) is 0 Å². The molecule has 0 fully saturated rings. The standard InChI is InChI=1S/C19H21F2N3O2/c1-13(25)24(16-7-5-15(6-8-16)23(2)3)11-10-22-19(26)14-4-9-17(20)18(21)12-14/h4-9,12H,10-11H2,1-3H3,(H,22,26). The third-order valence-electron chi connectivity index (χ3n) is 3.86. The van der Waals surface area contributed by atoms with Crippen molar-refractivity contribution < 1.29 is 18.4 Å². The second-order valence-corrected chi connectivity index (χ2v) is 5.97. The molecular formula is C19H21F2N3O2. The summed E-state index contributed by atoms with van der Waals surface area (Å²) in [6.07, 6.45) is 0. The summed E-state index contributed by atoms with van der Waals surface area (Å²) in [7, 11) is 3.84. The van der Waals surface area contributed by atoms with Crippen LogP contribution in [0.3, 0.4) is 0 Å². The highest BCUT2D eigenvalue weighted by atomic mass is 19.2. The fraction of sp³-hybridized carbons (Fsp3) is 0.263. The van der Waals surface area contributed by atoms with E-state index in [4.69, 9.17) is 0 Å². The van der Waals surface area contributed by atoms with Gasteiger partial charge in [-0.25, -0.2) is 8.78 Å². The van der Waals surface area contributed by atoms with Gasteiger partial charge in [0.05, 0.1) is 0 Å². The summed E-state index contributed by atoms with van der Waals surface area (Å²) in [5.41, 5.74) is 1.74. The van der Waals surface area contributed by atoms with Gasteiger partial charge in [-0.3, -0.25) is 9.59 Å². The van der Waals surface area contributed by atoms with E-state index in [0.29, 0.717) is 5.69 Å². The number of hydrogen-bond donors (Lipinski definition) is 1. The molecule has 0 aliphatic heterocycles. The van der Waals surface area contributed by atoms with Crippen LogP contribution >= 0.6 is 0 Å². The molecule has 2 aromatic rings. The molecule has 0 unspecified atom stereocenters. The van der Waals surface area contributed by atoms with Crippen LogP contribution in [-0.2, 0) is 4.79 Å². The van der Waals surface area contributed by atoms with E-state index in [0.717, 1.165) is 17.8 Å². The van der Waals surface area contributed by atoms with Crippen LogP contribution in [0.4, 0.5) is 20.2 Å². The van der Waals surface area contributed by atoms with E-state index < -0.39 is 17.5 Å². The van der Waals surface area contributed by atoms with Crippen LogP contribution in [0.5, 0.6) is 0 Å². The molecule has 2 amide bonds. The quantitative estimate of drug-likeness (QED) is 0.861. The van der Waals surface area contributed by atoms with Crippen molar-refractivity contribution in [1.82, 2.24) is 5.32 Å². The lowest BCUT2D eigenvalue weighted by atomic mass is 10.2. The van der Waals surface area contributed by atoms with Gasteiger partial charge < -0.3 is 15.1 Å². The second kappa shape index (κ2) is 8.42. The van der Waals surface area contributed by atoms with Crippen molar-refractivity contribution in [2.75, 3.05) is 37.0 Å². The zero-order valence-electron chi connectivity index (χ0n) is 14.9. The number of nitrogens with one attached hydrogen (secondary N) is 1. The lowest BCUT2D eigenvalue weighted by molar-refractivity contribution is -0.116. The number of nitrogens with zero attached hydrogens (tertiary/aromatic N) is 2. The first-order valence-electron chi connectivity index (χ1n) is 8.08. The van der Waals surface area contributed by atoms with Crippen LogP contribution in [0.15, 0.2) is 42.5 Å². The van der Waals surface area contributed by atoms with E-state index in [1.807, 2.05) is 43.3 Å². The normalized spacial score (nSPS) is 10.3. The Kier molecular flexibility index (Phi) is 6.27. The third kappa shape index (κ3) is 4.78. The Balaban J connectivity index is 1.99. The van der Waals surface area contributed by atoms with Crippen LogP contribution in [0.25, 0.3) is 0 Å². The molecule has 0 saturated carbocycles. The highest BCUT2D eigenvalue weighted by molar-refractivity contribution is 5.94. The van der Waals surface area contributed by atoms with Crippen molar-refractivity contribution in [2.45, 2.75) is 6.92 Å². The molecule has 7 heteroatoms. The number of benzene rings is 2. The number of carbonyl (C=O) groups is 2. The number of carbonyl (C=O) groups excluding carboxylic acids is 2. The Morgan fingerprint density at radius 3 is 2.12 bits per heavy atom. The van der Waals surface area contributed by atoms with Crippen LogP contribution in [0.1, 0.15) is 17.3 Å². The highest BCUT2D eigenvalue weighted by Crippen LogP contribution is 2.19. The van der Waals surface area contributed by atoms with Gasteiger partial charge in [-0.05, 0) is 42.5 Å². The van der Waals surface area contributed by atoms with Gasteiger partial charge in [0.1, 0.15) is 0 Å². The van der Waals surface area contributed by atoms with Gasteiger partial charge in [0.15, 0.2) is 11.6 Å². The Labute approximate surface area is 151 Å². The van der Waals surface area contributed by atoms with Gasteiger partial charge in [-0.2, -0.15) is 0 Å². The summed E-state index contributed by atoms with van der Waals surface area (Å²) in [5, 5.41) is 2.60. The number of rotatable bonds is 6. The molecule has 0 heterocycles. The van der Waals surface area contributed by atoms with E-state index in [-0.39, 0.29) is 24.6 Å². The molecule has 5 nitrogen and oxygen atoms in total. The Morgan fingerprint density at radius 1 is 0.962 bits per heavy atom. The molecular weight excluding hydrogens is 340 g/mol. The van der Waals surface area contributed by atoms with Crippen molar-refractivity contribution in [1.29, 1.82) is 0 Å². The maximum atomic E-state index is 13.2. The smallest absolute Gasteiger partial charge is 0.251 e. The minimum atomic E-state index is -1.08. The van der Waals surface area contributed by atoms with Crippen LogP contribution in [-0.4, -0.2) is 39.0 Å². The second-order valence-electron chi connectivity index (χ2n) is 5.97. The molecule has 0 saturated heterocycles. The van der Waals surface area contributed by atoms with Crippen LogP contribution in [0.2, 0.25) is 0 Å². The minimum Gasteiger partial charge on any atom is -0.378 e. The molecule has 0 radical (unpaired) electrons. The van der Waals surface area contributed by atoms with Gasteiger partial charge in [0.25, 0.3) is 5.91 Å². The summed E-state index contributed by atoms with van der Waals surface area (Å²) >= 11 is 0. The van der Waals surface area contributed by atoms with E-state index in [1.165, 1.54) is 17.9 Å². The molecule has 138 valence electrons. The first kappa shape index (κ1) is 19.4. The number of anilines is 2. The number of hydrogen-bond acceptors (Lipinski definition) is 3. The molecule has 26 heavy (non-hydrogen) atoms. The third-order valence-corrected chi connectivity index (χ3v) is 3.86. The topological polar surface area (TPSA) is 52.7 Å². The van der Waals surface area contributed by atoms with Crippen molar-refractivity contribution in [3.63, 3.8) is 0 Å². The summed E-state index contributed by atoms with van der Waals surface area (Å²) in [4.78, 5) is 27.4. The molecule has 0 aliphatic rings. The molecule has 0 aliphatic carbocycles. The number of amides is 2. The Morgan fingerprint density at radius 2 is 1.58 bits per heavy atom. The van der Waals surface area contributed by atoms with E-state index >= 15 is 0 Å². The van der Waals surface area contributed by atoms with Gasteiger partial charge in [-0.15, -0.1) is 0 Å². The van der Waals surface area contributed by atoms with Crippen molar-refractivity contribution in [3.05, 3.63) is 59.7 Å². The maximum Gasteiger partial charge on any atom is 0.251 e. The van der Waals surface area contributed by atoms with E-state index in [9.17, 15) is 18.4 Å². The molecule has 1 N–H and O–H groups in total. The molecule has 0 atom stereocenters. The largest absolute Gasteiger partial charge is 0.378 e. The fourth-order valence-electron chi connectivity index (χ4n) is 2.42. The zero-order chi connectivity index (χ0) is 19.3. The Hall–Kier alpha value is -2.96. The van der Waals surface area contributed by atoms with Gasteiger partial charge in [-0.1, -0.05) is 0 Å². The SMILES string of the molecule is CC(=O)N(CCNC(=O)c1ccc(F)c(F)c1)c1ccc(N(C)C)cc1. The molecule has 2 aromatic carbocycles. The lowest BCUT2D eigenvalue weighted by Gasteiger charge is -2.22. The fourth-order valence-corrected chi connectivity index (χ4v) is 2.42. The monoisotopic (exact) mass is 361 g/mol. The molecule has 0 aromatic heterocycles. The van der Waals surface area contributed by atoms with Gasteiger partial charge in [0.2, 0.25) is 5.91 Å². The van der Waals surface area contributed by atoms with Crippen LogP contribution in [0, 0.1) is 11.6 Å². The van der Waals surface area contributed by atoms with Crippen LogP contribution < -0.4 is 15.1 Å². The summed E-state index contributed by atoms with van der Waals surface area (Å²) in [6.45, 7) is 1.87. The van der Waals surface area contributed by atoms with Crippen molar-refractivity contribution >= 4 is 23.2 Å². The summed E-state index contributed by atoms with van der Waals surface area (Å²) in [5.74, 6) is -2.78. The highest BCUT2D eigenvalue weighted by Gasteiger charge is 2.13. The van der Waals surface area contributed by atoms with E-state index in [1.54, 1.807) is 0 Å². The average molecular weight is 361 g/mol. The molecule has 2 rings (SSSR count). The zero-order valence-corrected chi connectivity index (χ0v) is 14.9. The predicted octanol–water partition coefficient (Wildman–Crippen LogP) is 2.81. The number of halogens is 2. The lowest BCUT2D eigenvalue weighted by Crippen LogP contribution is -2.37. The predicted molar refractivity (Wildman–Crippen MR) is 97.5 cm³/mol. The van der Waals surface area contributed by atoms with Crippen molar-refractivity contribution in [3.8, 4) is 0 Å². The summed E-state index contributed by atoms with van der Waals surface area (Å²) in [6, 6.07) is 10.4. The van der Waals surface area contributed by atoms with E-state index in [2.05, 4.69) is 5.32 Å². The molecule has 0 bridgehead atoms. The average Bonchev–Trinajstić information content (AvgIpc) is 2.60. The summed E-state index contributed by atoms with van der Waals surface area (Å²) < 4.78 is 26.1. The minimum absolute atomic E-state index is 0.0219. The van der Waals surface area contributed by atoms with Gasteiger partial charge >= 0.3 is 0 Å².